The monoisotopic (exact) mass is 479 g/mol. The summed E-state index contributed by atoms with van der Waals surface area (Å²) in [6.45, 7) is 2.28. The molecular formula is C24H25N5O4S. The molecule has 10 heteroatoms. The Hall–Kier alpha value is -3.79. The highest BCUT2D eigenvalue weighted by molar-refractivity contribution is 7.15. The summed E-state index contributed by atoms with van der Waals surface area (Å²) < 4.78 is 5.68. The molecule has 3 amide bonds. The molecule has 176 valence electrons. The van der Waals surface area contributed by atoms with Crippen molar-refractivity contribution in [2.45, 2.75) is 26.2 Å². The van der Waals surface area contributed by atoms with Crippen LogP contribution in [0.15, 0.2) is 54.6 Å². The van der Waals surface area contributed by atoms with E-state index in [0.29, 0.717) is 29.5 Å². The lowest BCUT2D eigenvalue weighted by molar-refractivity contribution is -0.122. The van der Waals surface area contributed by atoms with E-state index in [1.54, 1.807) is 29.2 Å². The predicted octanol–water partition coefficient (Wildman–Crippen LogP) is 3.50. The first-order valence-electron chi connectivity index (χ1n) is 11.0. The summed E-state index contributed by atoms with van der Waals surface area (Å²) in [5.41, 5.74) is 1.33. The summed E-state index contributed by atoms with van der Waals surface area (Å²) >= 11 is 1.33. The minimum atomic E-state index is -0.478. The second kappa shape index (κ2) is 10.9. The second-order valence-electron chi connectivity index (χ2n) is 7.89. The molecule has 1 saturated heterocycles. The average Bonchev–Trinajstić information content (AvgIpc) is 3.44. The number of ether oxygens (including phenoxy) is 1. The molecule has 2 aromatic carbocycles. The van der Waals surface area contributed by atoms with Crippen LogP contribution in [0, 0.1) is 5.92 Å². The van der Waals surface area contributed by atoms with Gasteiger partial charge < -0.3 is 20.3 Å². The molecule has 1 aliphatic heterocycles. The summed E-state index contributed by atoms with van der Waals surface area (Å²) in [6, 6.07) is 16.6. The molecule has 0 radical (unpaired) electrons. The molecule has 1 atom stereocenters. The van der Waals surface area contributed by atoms with Gasteiger partial charge in [-0.3, -0.25) is 14.4 Å². The van der Waals surface area contributed by atoms with Gasteiger partial charge in [-0.25, -0.2) is 0 Å². The fraction of sp³-hybridized carbons (Fsp3) is 0.292. The number of aryl methyl sites for hydroxylation is 1. The number of amides is 3. The molecule has 0 aliphatic carbocycles. The molecular weight excluding hydrogens is 454 g/mol. The lowest BCUT2D eigenvalue weighted by Gasteiger charge is -2.17. The van der Waals surface area contributed by atoms with Crippen molar-refractivity contribution in [3.05, 3.63) is 59.6 Å². The predicted molar refractivity (Wildman–Crippen MR) is 130 cm³/mol. The molecule has 0 saturated carbocycles. The van der Waals surface area contributed by atoms with Crippen molar-refractivity contribution >= 4 is 45.6 Å². The van der Waals surface area contributed by atoms with Gasteiger partial charge in [-0.15, -0.1) is 10.2 Å². The number of nitrogens with zero attached hydrogens (tertiary/aromatic N) is 3. The van der Waals surface area contributed by atoms with Crippen molar-refractivity contribution in [2.75, 3.05) is 28.7 Å². The molecule has 2 heterocycles. The molecule has 1 unspecified atom stereocenters. The van der Waals surface area contributed by atoms with E-state index >= 15 is 0 Å². The van der Waals surface area contributed by atoms with Gasteiger partial charge in [0.05, 0.1) is 12.5 Å². The number of aromatic nitrogens is 2. The van der Waals surface area contributed by atoms with Crippen LogP contribution in [0.4, 0.5) is 16.5 Å². The Bertz CT molecular complexity index is 1150. The van der Waals surface area contributed by atoms with Gasteiger partial charge in [0, 0.05) is 37.7 Å². The number of hydrogen-bond donors (Lipinski definition) is 2. The molecule has 0 bridgehead atoms. The molecule has 1 fully saturated rings. The quantitative estimate of drug-likeness (QED) is 0.454. The molecule has 1 aliphatic rings. The normalized spacial score (nSPS) is 15.3. The number of anilines is 3. The van der Waals surface area contributed by atoms with Gasteiger partial charge in [-0.05, 0) is 42.8 Å². The fourth-order valence-electron chi connectivity index (χ4n) is 3.60. The van der Waals surface area contributed by atoms with Crippen LogP contribution >= 0.6 is 11.3 Å². The molecule has 2 N–H and O–H groups in total. The zero-order valence-corrected chi connectivity index (χ0v) is 19.5. The summed E-state index contributed by atoms with van der Waals surface area (Å²) in [5.74, 6) is -0.183. The van der Waals surface area contributed by atoms with E-state index in [1.165, 1.54) is 18.3 Å². The van der Waals surface area contributed by atoms with Gasteiger partial charge in [0.1, 0.15) is 10.8 Å². The number of carbonyl (C=O) groups is 3. The SMILES string of the molecule is CC(=O)Nc1ccc(N2CC(C(=O)Nc3nnc(CCCOc4ccccc4)s3)CC2=O)cc1. The molecule has 34 heavy (non-hydrogen) atoms. The summed E-state index contributed by atoms with van der Waals surface area (Å²) in [4.78, 5) is 38.0. The van der Waals surface area contributed by atoms with Gasteiger partial charge in [0.15, 0.2) is 0 Å². The molecule has 0 spiro atoms. The van der Waals surface area contributed by atoms with Crippen LogP contribution in [0.25, 0.3) is 0 Å². The van der Waals surface area contributed by atoms with E-state index in [0.717, 1.165) is 17.2 Å². The van der Waals surface area contributed by atoms with Crippen LogP contribution in [0.3, 0.4) is 0 Å². The first-order valence-corrected chi connectivity index (χ1v) is 11.8. The fourth-order valence-corrected chi connectivity index (χ4v) is 4.39. The number of benzene rings is 2. The first-order chi connectivity index (χ1) is 16.5. The standard InChI is InChI=1S/C24H25N5O4S/c1-16(30)25-18-9-11-19(12-10-18)29-15-17(14-22(29)31)23(32)26-24-28-27-21(34-24)8-5-13-33-20-6-3-2-4-7-20/h2-4,6-7,9-12,17H,5,8,13-15H2,1H3,(H,25,30)(H,26,28,32). The topological polar surface area (TPSA) is 114 Å². The minimum absolute atomic E-state index is 0.121. The Morgan fingerprint density at radius 3 is 2.59 bits per heavy atom. The highest BCUT2D eigenvalue weighted by Crippen LogP contribution is 2.27. The van der Waals surface area contributed by atoms with Crippen molar-refractivity contribution < 1.29 is 19.1 Å². The maximum Gasteiger partial charge on any atom is 0.231 e. The number of para-hydroxylation sites is 1. The number of rotatable bonds is 9. The van der Waals surface area contributed by atoms with Crippen LogP contribution < -0.4 is 20.3 Å². The molecule has 9 nitrogen and oxygen atoms in total. The van der Waals surface area contributed by atoms with Gasteiger partial charge in [0.2, 0.25) is 22.9 Å². The summed E-state index contributed by atoms with van der Waals surface area (Å²) in [6.07, 6.45) is 1.61. The number of hydrogen-bond acceptors (Lipinski definition) is 7. The van der Waals surface area contributed by atoms with Gasteiger partial charge in [-0.1, -0.05) is 29.5 Å². The van der Waals surface area contributed by atoms with E-state index in [9.17, 15) is 14.4 Å². The zero-order chi connectivity index (χ0) is 23.9. The highest BCUT2D eigenvalue weighted by atomic mass is 32.1. The molecule has 4 rings (SSSR count). The smallest absolute Gasteiger partial charge is 0.231 e. The van der Waals surface area contributed by atoms with Gasteiger partial charge in [0.25, 0.3) is 0 Å². The van der Waals surface area contributed by atoms with E-state index in [1.807, 2.05) is 30.3 Å². The van der Waals surface area contributed by atoms with E-state index in [-0.39, 0.29) is 30.7 Å². The van der Waals surface area contributed by atoms with Crippen molar-refractivity contribution in [3.8, 4) is 5.75 Å². The van der Waals surface area contributed by atoms with Crippen molar-refractivity contribution in [1.82, 2.24) is 10.2 Å². The third kappa shape index (κ3) is 6.16. The first kappa shape index (κ1) is 23.4. The minimum Gasteiger partial charge on any atom is -0.494 e. The van der Waals surface area contributed by atoms with Crippen LogP contribution in [0.5, 0.6) is 5.75 Å². The van der Waals surface area contributed by atoms with Crippen LogP contribution in [0.2, 0.25) is 0 Å². The highest BCUT2D eigenvalue weighted by Gasteiger charge is 2.35. The van der Waals surface area contributed by atoms with Crippen LogP contribution in [0.1, 0.15) is 24.8 Å². The van der Waals surface area contributed by atoms with E-state index < -0.39 is 5.92 Å². The Balaban J connectivity index is 1.25. The summed E-state index contributed by atoms with van der Waals surface area (Å²) in [5, 5.41) is 14.9. The summed E-state index contributed by atoms with van der Waals surface area (Å²) in [7, 11) is 0. The lowest BCUT2D eigenvalue weighted by Crippen LogP contribution is -2.28. The average molecular weight is 480 g/mol. The third-order valence-corrected chi connectivity index (χ3v) is 6.14. The maximum atomic E-state index is 12.7. The van der Waals surface area contributed by atoms with Crippen molar-refractivity contribution in [1.29, 1.82) is 0 Å². The number of nitrogens with one attached hydrogen (secondary N) is 2. The largest absolute Gasteiger partial charge is 0.494 e. The van der Waals surface area contributed by atoms with Crippen LogP contribution in [-0.4, -0.2) is 41.1 Å². The van der Waals surface area contributed by atoms with E-state index in [4.69, 9.17) is 4.74 Å². The Morgan fingerprint density at radius 1 is 1.09 bits per heavy atom. The maximum absolute atomic E-state index is 12.7. The Labute approximate surface area is 201 Å². The molecule has 3 aromatic rings. The van der Waals surface area contributed by atoms with Crippen molar-refractivity contribution in [3.63, 3.8) is 0 Å². The van der Waals surface area contributed by atoms with E-state index in [2.05, 4.69) is 20.8 Å². The van der Waals surface area contributed by atoms with Crippen LogP contribution in [-0.2, 0) is 20.8 Å². The number of carbonyl (C=O) groups excluding carboxylic acids is 3. The van der Waals surface area contributed by atoms with Crippen molar-refractivity contribution in [2.24, 2.45) is 5.92 Å². The third-order valence-electron chi connectivity index (χ3n) is 5.24. The Morgan fingerprint density at radius 2 is 1.85 bits per heavy atom. The second-order valence-corrected chi connectivity index (χ2v) is 8.95. The van der Waals surface area contributed by atoms with Gasteiger partial charge in [-0.2, -0.15) is 0 Å². The van der Waals surface area contributed by atoms with Gasteiger partial charge >= 0.3 is 0 Å². The molecule has 1 aromatic heterocycles. The zero-order valence-electron chi connectivity index (χ0n) is 18.7. The Kier molecular flexibility index (Phi) is 7.48. The lowest BCUT2D eigenvalue weighted by atomic mass is 10.1.